The quantitative estimate of drug-likeness (QED) is 0.767. The molecule has 0 radical (unpaired) electrons. The van der Waals surface area contributed by atoms with Crippen molar-refractivity contribution in [1.29, 1.82) is 0 Å². The molecule has 3 rings (SSSR count). The van der Waals surface area contributed by atoms with Crippen LogP contribution in [0.5, 0.6) is 11.5 Å². The first-order valence-electron chi connectivity index (χ1n) is 5.72. The van der Waals surface area contributed by atoms with Crippen LogP contribution in [-0.4, -0.2) is 11.1 Å². The number of fused-ring (bicyclic) bond motifs is 1. The molecule has 19 heavy (non-hydrogen) atoms. The van der Waals surface area contributed by atoms with Crippen LogP contribution in [0.1, 0.15) is 9.67 Å². The van der Waals surface area contributed by atoms with Crippen LogP contribution in [0.3, 0.4) is 0 Å². The molecule has 0 amide bonds. The molecule has 0 aliphatic rings. The van der Waals surface area contributed by atoms with Crippen molar-refractivity contribution in [2.45, 2.75) is 0 Å². The van der Waals surface area contributed by atoms with Gasteiger partial charge >= 0.3 is 5.97 Å². The highest BCUT2D eigenvalue weighted by Gasteiger charge is 2.14. The number of carbonyl (C=O) groups is 1. The summed E-state index contributed by atoms with van der Waals surface area (Å²) in [4.78, 5) is 11.3. The van der Waals surface area contributed by atoms with E-state index in [1.807, 2.05) is 42.5 Å². The first-order valence-corrected chi connectivity index (χ1v) is 6.60. The molecule has 1 N–H and O–H groups in total. The van der Waals surface area contributed by atoms with E-state index in [4.69, 9.17) is 9.84 Å². The Bertz CT molecular complexity index is 740. The lowest BCUT2D eigenvalue weighted by atomic mass is 10.1. The van der Waals surface area contributed by atoms with Gasteiger partial charge in [0.1, 0.15) is 5.75 Å². The third-order valence-corrected chi connectivity index (χ3v) is 3.68. The van der Waals surface area contributed by atoms with Crippen molar-refractivity contribution in [3.8, 4) is 11.5 Å². The first-order chi connectivity index (χ1) is 9.25. The Balaban J connectivity index is 2.06. The lowest BCUT2D eigenvalue weighted by molar-refractivity contribution is 0.0700. The van der Waals surface area contributed by atoms with E-state index in [-0.39, 0.29) is 4.88 Å². The highest BCUT2D eigenvalue weighted by atomic mass is 32.1. The van der Waals surface area contributed by atoms with Crippen molar-refractivity contribution >= 4 is 28.1 Å². The van der Waals surface area contributed by atoms with Crippen LogP contribution in [0.4, 0.5) is 0 Å². The minimum atomic E-state index is -0.967. The van der Waals surface area contributed by atoms with Crippen molar-refractivity contribution < 1.29 is 14.6 Å². The molecule has 0 saturated carbocycles. The maximum absolute atomic E-state index is 11.1. The van der Waals surface area contributed by atoms with Gasteiger partial charge in [0.05, 0.1) is 0 Å². The molecule has 2 aromatic carbocycles. The molecule has 4 heteroatoms. The zero-order valence-electron chi connectivity index (χ0n) is 9.87. The van der Waals surface area contributed by atoms with Crippen molar-refractivity contribution in [2.24, 2.45) is 0 Å². The summed E-state index contributed by atoms with van der Waals surface area (Å²) in [6, 6.07) is 15.2. The van der Waals surface area contributed by atoms with E-state index in [0.717, 1.165) is 22.1 Å². The number of ether oxygens (including phenoxy) is 1. The van der Waals surface area contributed by atoms with Gasteiger partial charge in [0, 0.05) is 5.39 Å². The number of rotatable bonds is 3. The standard InChI is InChI=1S/C15H10O3S/c16-15(17)14-13(8-9-19-14)18-12-7-3-5-10-4-1-2-6-11(10)12/h1-9H,(H,16,17). The fourth-order valence-corrected chi connectivity index (χ4v) is 2.59. The van der Waals surface area contributed by atoms with Gasteiger partial charge in [0.2, 0.25) is 0 Å². The lowest BCUT2D eigenvalue weighted by Crippen LogP contribution is -1.95. The molecule has 1 aromatic heterocycles. The van der Waals surface area contributed by atoms with Crippen molar-refractivity contribution in [1.82, 2.24) is 0 Å². The van der Waals surface area contributed by atoms with E-state index in [9.17, 15) is 4.79 Å². The highest BCUT2D eigenvalue weighted by molar-refractivity contribution is 7.12. The Kier molecular flexibility index (Phi) is 2.93. The molecule has 1 heterocycles. The fourth-order valence-electron chi connectivity index (χ4n) is 1.94. The topological polar surface area (TPSA) is 46.5 Å². The molecule has 0 spiro atoms. The predicted molar refractivity (Wildman–Crippen MR) is 75.3 cm³/mol. The number of hydrogen-bond acceptors (Lipinski definition) is 3. The van der Waals surface area contributed by atoms with Crippen LogP contribution in [0.25, 0.3) is 10.8 Å². The highest BCUT2D eigenvalue weighted by Crippen LogP contribution is 2.33. The number of carboxylic acid groups (broad SMARTS) is 1. The van der Waals surface area contributed by atoms with Gasteiger partial charge in [-0.2, -0.15) is 0 Å². The largest absolute Gasteiger partial charge is 0.477 e. The molecule has 0 unspecified atom stereocenters. The molecule has 3 aromatic rings. The van der Waals surface area contributed by atoms with E-state index >= 15 is 0 Å². The monoisotopic (exact) mass is 270 g/mol. The molecule has 3 nitrogen and oxygen atoms in total. The molecule has 0 aliphatic carbocycles. The van der Waals surface area contributed by atoms with Gasteiger partial charge < -0.3 is 9.84 Å². The summed E-state index contributed by atoms with van der Waals surface area (Å²) in [6.45, 7) is 0. The Morgan fingerprint density at radius 1 is 1.00 bits per heavy atom. The van der Waals surface area contributed by atoms with Crippen LogP contribution >= 0.6 is 11.3 Å². The van der Waals surface area contributed by atoms with Crippen molar-refractivity contribution in [2.75, 3.05) is 0 Å². The van der Waals surface area contributed by atoms with E-state index in [1.54, 1.807) is 11.4 Å². The number of carboxylic acids is 1. The van der Waals surface area contributed by atoms with Gasteiger partial charge in [-0.05, 0) is 22.9 Å². The minimum absolute atomic E-state index is 0.216. The SMILES string of the molecule is O=C(O)c1sccc1Oc1cccc2ccccc12. The third-order valence-electron chi connectivity index (χ3n) is 2.79. The van der Waals surface area contributed by atoms with E-state index in [1.165, 1.54) is 0 Å². The van der Waals surface area contributed by atoms with Gasteiger partial charge in [-0.1, -0.05) is 36.4 Å². The fraction of sp³-hybridized carbons (Fsp3) is 0. The maximum Gasteiger partial charge on any atom is 0.349 e. The first kappa shape index (κ1) is 11.7. The molecule has 94 valence electrons. The number of benzene rings is 2. The summed E-state index contributed by atoms with van der Waals surface area (Å²) < 4.78 is 5.75. The average Bonchev–Trinajstić information content (AvgIpc) is 2.87. The Hall–Kier alpha value is -2.33. The number of thiophene rings is 1. The number of aromatic carboxylic acids is 1. The normalized spacial score (nSPS) is 10.5. The smallest absolute Gasteiger partial charge is 0.349 e. The van der Waals surface area contributed by atoms with Gasteiger partial charge in [-0.15, -0.1) is 11.3 Å². The zero-order valence-corrected chi connectivity index (χ0v) is 10.7. The molecular formula is C15H10O3S. The average molecular weight is 270 g/mol. The van der Waals surface area contributed by atoms with E-state index < -0.39 is 5.97 Å². The Labute approximate surface area is 113 Å². The molecule has 0 atom stereocenters. The zero-order chi connectivity index (χ0) is 13.2. The van der Waals surface area contributed by atoms with Gasteiger partial charge in [-0.3, -0.25) is 0 Å². The summed E-state index contributed by atoms with van der Waals surface area (Å²) in [6.07, 6.45) is 0. The number of hydrogen-bond donors (Lipinski definition) is 1. The summed E-state index contributed by atoms with van der Waals surface area (Å²) in [5, 5.41) is 12.8. The summed E-state index contributed by atoms with van der Waals surface area (Å²) in [5.41, 5.74) is 0. The van der Waals surface area contributed by atoms with Gasteiger partial charge in [-0.25, -0.2) is 4.79 Å². The maximum atomic E-state index is 11.1. The second-order valence-corrected chi connectivity index (χ2v) is 4.91. The van der Waals surface area contributed by atoms with Gasteiger partial charge in [0.15, 0.2) is 10.6 Å². The van der Waals surface area contributed by atoms with Crippen molar-refractivity contribution in [3.05, 3.63) is 58.8 Å². The van der Waals surface area contributed by atoms with Crippen LogP contribution < -0.4 is 4.74 Å². The van der Waals surface area contributed by atoms with Crippen molar-refractivity contribution in [3.63, 3.8) is 0 Å². The summed E-state index contributed by atoms with van der Waals surface area (Å²) >= 11 is 1.16. The molecule has 0 aliphatic heterocycles. The van der Waals surface area contributed by atoms with Crippen LogP contribution in [0.15, 0.2) is 53.9 Å². The van der Waals surface area contributed by atoms with Crippen LogP contribution in [0.2, 0.25) is 0 Å². The molecule has 0 bridgehead atoms. The van der Waals surface area contributed by atoms with Crippen LogP contribution in [0, 0.1) is 0 Å². The minimum Gasteiger partial charge on any atom is -0.477 e. The second kappa shape index (κ2) is 4.74. The predicted octanol–water partition coefficient (Wildman–Crippen LogP) is 4.39. The molecule has 0 fully saturated rings. The lowest BCUT2D eigenvalue weighted by Gasteiger charge is -2.08. The molecular weight excluding hydrogens is 260 g/mol. The van der Waals surface area contributed by atoms with Crippen LogP contribution in [-0.2, 0) is 0 Å². The third kappa shape index (κ3) is 2.18. The summed E-state index contributed by atoms with van der Waals surface area (Å²) in [7, 11) is 0. The van der Waals surface area contributed by atoms with Gasteiger partial charge in [0.25, 0.3) is 0 Å². The Morgan fingerprint density at radius 3 is 2.63 bits per heavy atom. The second-order valence-electron chi connectivity index (χ2n) is 4.00. The Morgan fingerprint density at radius 2 is 1.79 bits per heavy atom. The van der Waals surface area contributed by atoms with E-state index in [2.05, 4.69) is 0 Å². The van der Waals surface area contributed by atoms with E-state index in [0.29, 0.717) is 11.5 Å². The molecule has 0 saturated heterocycles. The summed E-state index contributed by atoms with van der Waals surface area (Å²) in [5.74, 6) is 0.0816.